The Morgan fingerprint density at radius 1 is 1.29 bits per heavy atom. The normalized spacial score (nSPS) is 22.7. The minimum Gasteiger partial charge on any atom is -0.460 e. The first-order valence-electron chi connectivity index (χ1n) is 7.94. The van der Waals surface area contributed by atoms with Crippen LogP contribution in [0.15, 0.2) is 33.8 Å². The Morgan fingerprint density at radius 2 is 2.12 bits per heavy atom. The zero-order valence-electron chi connectivity index (χ0n) is 13.0. The quantitative estimate of drug-likeness (QED) is 0.774. The maximum atomic E-state index is 12.3. The van der Waals surface area contributed by atoms with E-state index in [0.717, 1.165) is 0 Å². The molecule has 8 nitrogen and oxygen atoms in total. The first-order chi connectivity index (χ1) is 11.7. The number of ether oxygens (including phenoxy) is 2. The van der Waals surface area contributed by atoms with Gasteiger partial charge in [-0.05, 0) is 25.0 Å². The van der Waals surface area contributed by atoms with Crippen LogP contribution in [0.1, 0.15) is 19.3 Å². The van der Waals surface area contributed by atoms with E-state index in [1.165, 1.54) is 4.57 Å². The molecule has 0 N–H and O–H groups in total. The van der Waals surface area contributed by atoms with Gasteiger partial charge in [-0.15, -0.1) is 0 Å². The average Bonchev–Trinajstić information content (AvgIpc) is 3.10. The molecule has 0 aromatic carbocycles. The molecule has 8 heteroatoms. The topological polar surface area (TPSA) is 96.5 Å². The Bertz CT molecular complexity index is 792. The molecule has 4 rings (SSSR count). The summed E-state index contributed by atoms with van der Waals surface area (Å²) >= 11 is 0. The Kier molecular flexibility index (Phi) is 3.68. The highest BCUT2D eigenvalue weighted by atomic mass is 16.6. The van der Waals surface area contributed by atoms with E-state index in [0.29, 0.717) is 43.9 Å². The molecule has 2 fully saturated rings. The number of carbonyl (C=O) groups excluding carboxylic acids is 1. The molecule has 2 saturated heterocycles. The molecule has 1 unspecified atom stereocenters. The van der Waals surface area contributed by atoms with E-state index in [1.54, 1.807) is 24.5 Å². The zero-order valence-corrected chi connectivity index (χ0v) is 13.0. The molecule has 2 aliphatic rings. The van der Waals surface area contributed by atoms with Crippen LogP contribution >= 0.6 is 0 Å². The molecule has 2 aromatic heterocycles. The highest BCUT2D eigenvalue weighted by Crippen LogP contribution is 2.42. The second-order valence-corrected chi connectivity index (χ2v) is 6.25. The summed E-state index contributed by atoms with van der Waals surface area (Å²) in [6.45, 7) is 1.35. The Morgan fingerprint density at radius 3 is 2.88 bits per heavy atom. The third-order valence-electron chi connectivity index (χ3n) is 4.77. The number of aromatic nitrogens is 3. The van der Waals surface area contributed by atoms with E-state index in [1.807, 2.05) is 0 Å². The second kappa shape index (κ2) is 5.86. The highest BCUT2D eigenvalue weighted by Gasteiger charge is 2.49. The molecule has 0 radical (unpaired) electrons. The number of esters is 1. The molecular formula is C16H17N3O5. The second-order valence-electron chi connectivity index (χ2n) is 6.25. The van der Waals surface area contributed by atoms with Crippen molar-refractivity contribution in [3.8, 4) is 11.4 Å². The van der Waals surface area contributed by atoms with Crippen LogP contribution in [0.4, 0.5) is 0 Å². The van der Waals surface area contributed by atoms with Crippen molar-refractivity contribution in [3.05, 3.63) is 35.1 Å². The molecule has 2 aromatic rings. The van der Waals surface area contributed by atoms with E-state index >= 15 is 0 Å². The van der Waals surface area contributed by atoms with Gasteiger partial charge in [-0.3, -0.25) is 18.9 Å². The highest BCUT2D eigenvalue weighted by molar-refractivity contribution is 5.79. The molecule has 0 bridgehead atoms. The van der Waals surface area contributed by atoms with Crippen molar-refractivity contribution in [2.75, 3.05) is 13.2 Å². The first-order valence-corrected chi connectivity index (χ1v) is 7.94. The predicted octanol–water partition coefficient (Wildman–Crippen LogP) is 1.01. The molecule has 4 heterocycles. The van der Waals surface area contributed by atoms with Crippen LogP contribution in [0, 0.1) is 5.41 Å². The Balaban J connectivity index is 1.58. The lowest BCUT2D eigenvalue weighted by molar-refractivity contribution is -0.152. The maximum Gasteiger partial charge on any atom is 0.442 e. The largest absolute Gasteiger partial charge is 0.460 e. The van der Waals surface area contributed by atoms with Crippen molar-refractivity contribution in [2.24, 2.45) is 5.41 Å². The number of hydrogen-bond donors (Lipinski definition) is 0. The summed E-state index contributed by atoms with van der Waals surface area (Å²) in [7, 11) is 0. The summed E-state index contributed by atoms with van der Waals surface area (Å²) in [6, 6.07) is 3.55. The average molecular weight is 331 g/mol. The lowest BCUT2D eigenvalue weighted by Gasteiger charge is -2.28. The monoisotopic (exact) mass is 331 g/mol. The molecule has 0 amide bonds. The molecule has 1 atom stereocenters. The molecule has 0 saturated carbocycles. The number of hydrogen-bond acceptors (Lipinski definition) is 7. The van der Waals surface area contributed by atoms with Crippen LogP contribution < -0.4 is 5.76 Å². The molecule has 24 heavy (non-hydrogen) atoms. The van der Waals surface area contributed by atoms with Crippen molar-refractivity contribution in [1.29, 1.82) is 0 Å². The third kappa shape index (κ3) is 2.52. The van der Waals surface area contributed by atoms with Gasteiger partial charge in [0.25, 0.3) is 0 Å². The van der Waals surface area contributed by atoms with E-state index in [9.17, 15) is 9.59 Å². The minimum absolute atomic E-state index is 0.191. The van der Waals surface area contributed by atoms with Crippen molar-refractivity contribution in [3.63, 3.8) is 0 Å². The summed E-state index contributed by atoms with van der Waals surface area (Å²) < 4.78 is 17.1. The number of nitrogens with zero attached hydrogens (tertiary/aromatic N) is 3. The summed E-state index contributed by atoms with van der Waals surface area (Å²) in [4.78, 5) is 28.3. The van der Waals surface area contributed by atoms with E-state index in [2.05, 4.69) is 10.1 Å². The summed E-state index contributed by atoms with van der Waals surface area (Å²) in [5.74, 6) is -0.377. The van der Waals surface area contributed by atoms with Gasteiger partial charge in [0, 0.05) is 37.6 Å². The van der Waals surface area contributed by atoms with Gasteiger partial charge in [0.15, 0.2) is 5.82 Å². The lowest BCUT2D eigenvalue weighted by Crippen LogP contribution is -2.33. The van der Waals surface area contributed by atoms with Gasteiger partial charge >= 0.3 is 11.7 Å². The number of cyclic esters (lactones) is 1. The number of pyridine rings is 1. The predicted molar refractivity (Wildman–Crippen MR) is 81.0 cm³/mol. The third-order valence-corrected chi connectivity index (χ3v) is 4.77. The van der Waals surface area contributed by atoms with E-state index < -0.39 is 11.2 Å². The fraction of sp³-hybridized carbons (Fsp3) is 0.500. The van der Waals surface area contributed by atoms with E-state index in [4.69, 9.17) is 14.0 Å². The van der Waals surface area contributed by atoms with Gasteiger partial charge < -0.3 is 9.47 Å². The SMILES string of the molecule is O=C1OC(Cn2c(-c3cccnc3)noc2=O)CC12CCOCC2. The van der Waals surface area contributed by atoms with Crippen LogP contribution in [-0.2, 0) is 20.8 Å². The molecule has 2 aliphatic heterocycles. The fourth-order valence-corrected chi connectivity index (χ4v) is 3.44. The van der Waals surface area contributed by atoms with Gasteiger partial charge in [0.05, 0.1) is 12.0 Å². The summed E-state index contributed by atoms with van der Waals surface area (Å²) in [5, 5.41) is 3.83. The number of rotatable bonds is 3. The lowest BCUT2D eigenvalue weighted by atomic mass is 9.78. The van der Waals surface area contributed by atoms with Crippen molar-refractivity contribution in [1.82, 2.24) is 14.7 Å². The van der Waals surface area contributed by atoms with Crippen molar-refractivity contribution >= 4 is 5.97 Å². The van der Waals surface area contributed by atoms with Crippen molar-refractivity contribution < 1.29 is 18.8 Å². The molecular weight excluding hydrogens is 314 g/mol. The fourth-order valence-electron chi connectivity index (χ4n) is 3.44. The first kappa shape index (κ1) is 15.1. The van der Waals surface area contributed by atoms with Gasteiger partial charge in [0.2, 0.25) is 0 Å². The van der Waals surface area contributed by atoms with Crippen LogP contribution in [0.25, 0.3) is 11.4 Å². The smallest absolute Gasteiger partial charge is 0.442 e. The Labute approximate surface area is 137 Å². The van der Waals surface area contributed by atoms with E-state index in [-0.39, 0.29) is 18.6 Å². The van der Waals surface area contributed by atoms with Crippen LogP contribution in [0.3, 0.4) is 0 Å². The van der Waals surface area contributed by atoms with Gasteiger partial charge in [-0.2, -0.15) is 0 Å². The molecule has 126 valence electrons. The van der Waals surface area contributed by atoms with Gasteiger partial charge in [0.1, 0.15) is 6.10 Å². The van der Waals surface area contributed by atoms with Crippen LogP contribution in [0.5, 0.6) is 0 Å². The van der Waals surface area contributed by atoms with Gasteiger partial charge in [-0.25, -0.2) is 4.79 Å². The molecule has 1 spiro atoms. The van der Waals surface area contributed by atoms with Crippen molar-refractivity contribution in [2.45, 2.75) is 31.9 Å². The zero-order chi connectivity index (χ0) is 16.6. The number of carbonyl (C=O) groups is 1. The van der Waals surface area contributed by atoms with Crippen LogP contribution in [0.2, 0.25) is 0 Å². The van der Waals surface area contributed by atoms with Crippen LogP contribution in [-0.4, -0.2) is 40.0 Å². The standard InChI is InChI=1S/C16H17N3O5/c20-14-16(3-6-22-7-4-16)8-12(23-14)10-19-13(18-24-15(19)21)11-2-1-5-17-9-11/h1-2,5,9,12H,3-4,6-8,10H2. The minimum atomic E-state index is -0.571. The Hall–Kier alpha value is -2.48. The molecule has 0 aliphatic carbocycles. The maximum absolute atomic E-state index is 12.3. The summed E-state index contributed by atoms with van der Waals surface area (Å²) in [5.41, 5.74) is 0.200. The summed E-state index contributed by atoms with van der Waals surface area (Å²) in [6.07, 6.45) is 4.78. The van der Waals surface area contributed by atoms with Gasteiger partial charge in [-0.1, -0.05) is 5.16 Å².